The van der Waals surface area contributed by atoms with Crippen molar-refractivity contribution < 1.29 is 9.53 Å². The number of methoxy groups -OCH3 is 1. The Morgan fingerprint density at radius 3 is 2.50 bits per heavy atom. The lowest BCUT2D eigenvalue weighted by atomic mass is 9.97. The third-order valence-corrected chi connectivity index (χ3v) is 2.46. The summed E-state index contributed by atoms with van der Waals surface area (Å²) >= 11 is 0. The van der Waals surface area contributed by atoms with Gasteiger partial charge >= 0.3 is 6.03 Å². The lowest BCUT2D eigenvalue weighted by Crippen LogP contribution is -2.35. The maximum atomic E-state index is 11.7. The fourth-order valence-electron chi connectivity index (χ4n) is 1.42. The van der Waals surface area contributed by atoms with Crippen LogP contribution in [0.15, 0.2) is 18.2 Å². The van der Waals surface area contributed by atoms with Gasteiger partial charge in [0.1, 0.15) is 5.75 Å². The van der Waals surface area contributed by atoms with Crippen molar-refractivity contribution in [1.82, 2.24) is 5.32 Å². The highest BCUT2D eigenvalue weighted by atomic mass is 16.5. The van der Waals surface area contributed by atoms with Crippen molar-refractivity contribution in [3.05, 3.63) is 23.8 Å². The highest BCUT2D eigenvalue weighted by Gasteiger charge is 2.12. The number of aryl methyl sites for hydroxylation is 1. The summed E-state index contributed by atoms with van der Waals surface area (Å²) in [5, 5.41) is 5.67. The second kappa shape index (κ2) is 5.76. The van der Waals surface area contributed by atoms with Gasteiger partial charge < -0.3 is 15.4 Å². The number of ether oxygens (including phenoxy) is 1. The van der Waals surface area contributed by atoms with Crippen LogP contribution in [0.25, 0.3) is 0 Å². The normalized spacial score (nSPS) is 10.9. The van der Waals surface area contributed by atoms with E-state index >= 15 is 0 Å². The summed E-state index contributed by atoms with van der Waals surface area (Å²) in [7, 11) is 1.62. The van der Waals surface area contributed by atoms with E-state index in [-0.39, 0.29) is 11.4 Å². The SMILES string of the molecule is COc1ccc(NC(=O)NCC(C)(C)C)c(C)c1. The Morgan fingerprint density at radius 1 is 1.33 bits per heavy atom. The second-order valence-corrected chi connectivity index (χ2v) is 5.55. The predicted octanol–water partition coefficient (Wildman–Crippen LogP) is 3.17. The summed E-state index contributed by atoms with van der Waals surface area (Å²) in [5.41, 5.74) is 1.84. The van der Waals surface area contributed by atoms with Gasteiger partial charge in [-0.3, -0.25) is 0 Å². The first-order valence-electron chi connectivity index (χ1n) is 6.01. The van der Waals surface area contributed by atoms with Gasteiger partial charge in [0.25, 0.3) is 0 Å². The average Bonchev–Trinajstić information content (AvgIpc) is 2.28. The molecule has 0 aliphatic rings. The van der Waals surface area contributed by atoms with E-state index in [0.29, 0.717) is 6.54 Å². The minimum Gasteiger partial charge on any atom is -0.497 e. The number of rotatable bonds is 3. The van der Waals surface area contributed by atoms with Crippen LogP contribution in [0.2, 0.25) is 0 Å². The molecule has 0 spiro atoms. The summed E-state index contributed by atoms with van der Waals surface area (Å²) in [6, 6.07) is 5.37. The second-order valence-electron chi connectivity index (χ2n) is 5.55. The molecular formula is C14H22N2O2. The van der Waals surface area contributed by atoms with Gasteiger partial charge in [0, 0.05) is 12.2 Å². The van der Waals surface area contributed by atoms with Crippen LogP contribution in [0.3, 0.4) is 0 Å². The Kier molecular flexibility index (Phi) is 4.59. The van der Waals surface area contributed by atoms with E-state index in [1.807, 2.05) is 25.1 Å². The molecule has 1 rings (SSSR count). The van der Waals surface area contributed by atoms with Crippen LogP contribution >= 0.6 is 0 Å². The number of urea groups is 1. The molecule has 0 atom stereocenters. The molecule has 0 aliphatic carbocycles. The Morgan fingerprint density at radius 2 is 2.00 bits per heavy atom. The van der Waals surface area contributed by atoms with Gasteiger partial charge in [-0.15, -0.1) is 0 Å². The van der Waals surface area contributed by atoms with Crippen molar-refractivity contribution in [2.75, 3.05) is 19.0 Å². The van der Waals surface area contributed by atoms with E-state index < -0.39 is 0 Å². The number of nitrogens with one attached hydrogen (secondary N) is 2. The van der Waals surface area contributed by atoms with Crippen molar-refractivity contribution in [2.45, 2.75) is 27.7 Å². The molecule has 0 aliphatic heterocycles. The highest BCUT2D eigenvalue weighted by Crippen LogP contribution is 2.20. The number of carbonyl (C=O) groups excluding carboxylic acids is 1. The molecule has 0 heterocycles. The van der Waals surface area contributed by atoms with Crippen molar-refractivity contribution in [2.24, 2.45) is 5.41 Å². The maximum Gasteiger partial charge on any atom is 0.319 e. The molecule has 0 bridgehead atoms. The van der Waals surface area contributed by atoms with Gasteiger partial charge in [0.2, 0.25) is 0 Å². The summed E-state index contributed by atoms with van der Waals surface area (Å²) in [5.74, 6) is 0.785. The van der Waals surface area contributed by atoms with Crippen molar-refractivity contribution in [3.63, 3.8) is 0 Å². The van der Waals surface area contributed by atoms with E-state index in [1.165, 1.54) is 0 Å². The maximum absolute atomic E-state index is 11.7. The highest BCUT2D eigenvalue weighted by molar-refractivity contribution is 5.90. The van der Waals surface area contributed by atoms with Gasteiger partial charge in [-0.25, -0.2) is 4.79 Å². The summed E-state index contributed by atoms with van der Waals surface area (Å²) in [6.45, 7) is 8.79. The molecule has 0 unspecified atom stereocenters. The molecule has 4 heteroatoms. The van der Waals surface area contributed by atoms with Crippen LogP contribution < -0.4 is 15.4 Å². The minimum atomic E-state index is -0.182. The fourth-order valence-corrected chi connectivity index (χ4v) is 1.42. The van der Waals surface area contributed by atoms with Crippen LogP contribution in [-0.4, -0.2) is 19.7 Å². The van der Waals surface area contributed by atoms with E-state index in [9.17, 15) is 4.79 Å². The first kappa shape index (κ1) is 14.4. The molecular weight excluding hydrogens is 228 g/mol. The van der Waals surface area contributed by atoms with E-state index in [1.54, 1.807) is 7.11 Å². The number of benzene rings is 1. The molecule has 1 aromatic carbocycles. The Balaban J connectivity index is 2.59. The molecule has 2 amide bonds. The third kappa shape index (κ3) is 4.65. The van der Waals surface area contributed by atoms with Crippen LogP contribution in [0, 0.1) is 12.3 Å². The van der Waals surface area contributed by atoms with Gasteiger partial charge in [-0.05, 0) is 36.1 Å². The Bertz CT molecular complexity index is 422. The standard InChI is InChI=1S/C14H22N2O2/c1-10-8-11(18-5)6-7-12(10)16-13(17)15-9-14(2,3)4/h6-8H,9H2,1-5H3,(H2,15,16,17). The van der Waals surface area contributed by atoms with Crippen LogP contribution in [0.4, 0.5) is 10.5 Å². The van der Waals surface area contributed by atoms with Gasteiger partial charge in [0.05, 0.1) is 7.11 Å². The minimum absolute atomic E-state index is 0.0757. The Labute approximate surface area is 109 Å². The number of hydrogen-bond acceptors (Lipinski definition) is 2. The molecule has 0 aromatic heterocycles. The summed E-state index contributed by atoms with van der Waals surface area (Å²) in [4.78, 5) is 11.7. The molecule has 1 aromatic rings. The van der Waals surface area contributed by atoms with Gasteiger partial charge in [0.15, 0.2) is 0 Å². The third-order valence-electron chi connectivity index (χ3n) is 2.46. The summed E-state index contributed by atoms with van der Waals surface area (Å²) < 4.78 is 5.12. The molecule has 4 nitrogen and oxygen atoms in total. The average molecular weight is 250 g/mol. The zero-order valence-corrected chi connectivity index (χ0v) is 11.8. The number of anilines is 1. The van der Waals surface area contributed by atoms with Crippen LogP contribution in [0.1, 0.15) is 26.3 Å². The zero-order valence-electron chi connectivity index (χ0n) is 11.8. The summed E-state index contributed by atoms with van der Waals surface area (Å²) in [6.07, 6.45) is 0. The first-order valence-corrected chi connectivity index (χ1v) is 6.01. The molecule has 0 fully saturated rings. The predicted molar refractivity (Wildman–Crippen MR) is 74.2 cm³/mol. The monoisotopic (exact) mass is 250 g/mol. The van der Waals surface area contributed by atoms with Gasteiger partial charge in [-0.1, -0.05) is 20.8 Å². The molecule has 100 valence electrons. The zero-order chi connectivity index (χ0) is 13.8. The molecule has 2 N–H and O–H groups in total. The first-order chi connectivity index (χ1) is 8.31. The topological polar surface area (TPSA) is 50.4 Å². The fraction of sp³-hybridized carbons (Fsp3) is 0.500. The lowest BCUT2D eigenvalue weighted by molar-refractivity contribution is 0.247. The van der Waals surface area contributed by atoms with E-state index in [2.05, 4.69) is 31.4 Å². The smallest absolute Gasteiger partial charge is 0.319 e. The largest absolute Gasteiger partial charge is 0.497 e. The van der Waals surface area contributed by atoms with E-state index in [0.717, 1.165) is 17.0 Å². The molecule has 18 heavy (non-hydrogen) atoms. The number of carbonyl (C=O) groups is 1. The quantitative estimate of drug-likeness (QED) is 0.865. The van der Waals surface area contributed by atoms with Gasteiger partial charge in [-0.2, -0.15) is 0 Å². The molecule has 0 saturated carbocycles. The molecule has 0 saturated heterocycles. The van der Waals surface area contributed by atoms with Crippen LogP contribution in [-0.2, 0) is 0 Å². The van der Waals surface area contributed by atoms with Crippen molar-refractivity contribution in [1.29, 1.82) is 0 Å². The van der Waals surface area contributed by atoms with Crippen molar-refractivity contribution in [3.8, 4) is 5.75 Å². The lowest BCUT2D eigenvalue weighted by Gasteiger charge is -2.19. The number of hydrogen-bond donors (Lipinski definition) is 2. The van der Waals surface area contributed by atoms with Crippen molar-refractivity contribution >= 4 is 11.7 Å². The molecule has 0 radical (unpaired) electrons. The van der Waals surface area contributed by atoms with Crippen LogP contribution in [0.5, 0.6) is 5.75 Å². The Hall–Kier alpha value is -1.71. The number of amides is 2. The van der Waals surface area contributed by atoms with E-state index in [4.69, 9.17) is 4.74 Å².